The van der Waals surface area contributed by atoms with Crippen molar-refractivity contribution in [2.24, 2.45) is 11.8 Å². The van der Waals surface area contributed by atoms with E-state index in [4.69, 9.17) is 11.6 Å². The van der Waals surface area contributed by atoms with E-state index in [-0.39, 0.29) is 10.8 Å². The molecule has 1 saturated carbocycles. The molecule has 0 saturated heterocycles. The van der Waals surface area contributed by atoms with Gasteiger partial charge in [0.05, 0.1) is 5.02 Å². The SMILES string of the molecule is CCC1CCC(C(Cc2cccc(Cl)c2F)NC)C1. The third-order valence-corrected chi connectivity index (χ3v) is 4.86. The van der Waals surface area contributed by atoms with E-state index >= 15 is 0 Å². The van der Waals surface area contributed by atoms with Crippen LogP contribution in [-0.2, 0) is 6.42 Å². The van der Waals surface area contributed by atoms with Crippen molar-refractivity contribution in [3.63, 3.8) is 0 Å². The van der Waals surface area contributed by atoms with Crippen molar-refractivity contribution in [3.05, 3.63) is 34.6 Å². The summed E-state index contributed by atoms with van der Waals surface area (Å²) in [7, 11) is 1.98. The Hall–Kier alpha value is -0.600. The molecular formula is C16H23ClFN. The van der Waals surface area contributed by atoms with Gasteiger partial charge in [0, 0.05) is 6.04 Å². The molecule has 0 bridgehead atoms. The lowest BCUT2D eigenvalue weighted by atomic mass is 9.91. The molecule has 0 aliphatic heterocycles. The molecular weight excluding hydrogens is 261 g/mol. The van der Waals surface area contributed by atoms with Crippen molar-refractivity contribution in [2.45, 2.75) is 45.1 Å². The Balaban J connectivity index is 2.05. The molecule has 0 spiro atoms. The fraction of sp³-hybridized carbons (Fsp3) is 0.625. The molecule has 1 N–H and O–H groups in total. The molecule has 1 nitrogen and oxygen atoms in total. The number of hydrogen-bond donors (Lipinski definition) is 1. The van der Waals surface area contributed by atoms with Crippen LogP contribution in [0.15, 0.2) is 18.2 Å². The molecule has 1 aliphatic rings. The van der Waals surface area contributed by atoms with Crippen LogP contribution >= 0.6 is 11.6 Å². The van der Waals surface area contributed by atoms with Gasteiger partial charge in [-0.1, -0.05) is 43.5 Å². The van der Waals surface area contributed by atoms with E-state index < -0.39 is 0 Å². The number of rotatable bonds is 5. The molecule has 1 fully saturated rings. The normalized spacial score (nSPS) is 24.6. The fourth-order valence-corrected chi connectivity index (χ4v) is 3.49. The van der Waals surface area contributed by atoms with Gasteiger partial charge in [-0.2, -0.15) is 0 Å². The van der Waals surface area contributed by atoms with E-state index in [1.807, 2.05) is 19.2 Å². The zero-order valence-electron chi connectivity index (χ0n) is 11.8. The Morgan fingerprint density at radius 3 is 2.84 bits per heavy atom. The number of halogens is 2. The van der Waals surface area contributed by atoms with E-state index in [0.717, 1.165) is 17.9 Å². The molecule has 1 aliphatic carbocycles. The van der Waals surface area contributed by atoms with Gasteiger partial charge in [-0.3, -0.25) is 0 Å². The van der Waals surface area contributed by atoms with Crippen molar-refractivity contribution in [3.8, 4) is 0 Å². The summed E-state index contributed by atoms with van der Waals surface area (Å²) in [6.07, 6.45) is 5.83. The van der Waals surface area contributed by atoms with Crippen LogP contribution in [0, 0.1) is 17.7 Å². The predicted octanol–water partition coefficient (Wildman–Crippen LogP) is 4.44. The van der Waals surface area contributed by atoms with Gasteiger partial charge in [0.2, 0.25) is 0 Å². The van der Waals surface area contributed by atoms with Gasteiger partial charge >= 0.3 is 0 Å². The minimum absolute atomic E-state index is 0.227. The summed E-state index contributed by atoms with van der Waals surface area (Å²) in [5.74, 6) is 1.26. The molecule has 0 radical (unpaired) electrons. The van der Waals surface area contributed by atoms with Crippen LogP contribution in [0.25, 0.3) is 0 Å². The Bertz CT molecular complexity index is 421. The Labute approximate surface area is 120 Å². The smallest absolute Gasteiger partial charge is 0.145 e. The molecule has 19 heavy (non-hydrogen) atoms. The van der Waals surface area contributed by atoms with Crippen molar-refractivity contribution in [1.29, 1.82) is 0 Å². The van der Waals surface area contributed by atoms with Crippen LogP contribution in [0.5, 0.6) is 0 Å². The standard InChI is InChI=1S/C16H23ClFN/c1-3-11-7-8-12(9-11)15(19-2)10-13-5-4-6-14(17)16(13)18/h4-6,11-12,15,19H,3,7-10H2,1-2H3. The van der Waals surface area contributed by atoms with E-state index in [0.29, 0.717) is 12.0 Å². The molecule has 1 aromatic carbocycles. The lowest BCUT2D eigenvalue weighted by molar-refractivity contribution is 0.358. The van der Waals surface area contributed by atoms with Crippen molar-refractivity contribution in [2.75, 3.05) is 7.05 Å². The molecule has 0 heterocycles. The Kier molecular flexibility index (Phi) is 5.23. The highest BCUT2D eigenvalue weighted by Gasteiger charge is 2.29. The highest BCUT2D eigenvalue weighted by Crippen LogP contribution is 2.36. The lowest BCUT2D eigenvalue weighted by Gasteiger charge is -2.24. The number of benzene rings is 1. The van der Waals surface area contributed by atoms with Crippen LogP contribution in [0.4, 0.5) is 4.39 Å². The van der Waals surface area contributed by atoms with Crippen LogP contribution in [0.3, 0.4) is 0 Å². The van der Waals surface area contributed by atoms with E-state index in [2.05, 4.69) is 12.2 Å². The first-order valence-electron chi connectivity index (χ1n) is 7.25. The van der Waals surface area contributed by atoms with Crippen molar-refractivity contribution < 1.29 is 4.39 Å². The van der Waals surface area contributed by atoms with E-state index in [9.17, 15) is 4.39 Å². The largest absolute Gasteiger partial charge is 0.316 e. The number of hydrogen-bond acceptors (Lipinski definition) is 1. The summed E-state index contributed by atoms with van der Waals surface area (Å²) in [5, 5.41) is 3.60. The summed E-state index contributed by atoms with van der Waals surface area (Å²) in [6, 6.07) is 5.64. The summed E-state index contributed by atoms with van der Waals surface area (Å²) in [6.45, 7) is 2.26. The summed E-state index contributed by atoms with van der Waals surface area (Å²) in [4.78, 5) is 0. The Morgan fingerprint density at radius 2 is 2.21 bits per heavy atom. The topological polar surface area (TPSA) is 12.0 Å². The van der Waals surface area contributed by atoms with Gasteiger partial charge in [0.25, 0.3) is 0 Å². The maximum absolute atomic E-state index is 14.0. The van der Waals surface area contributed by atoms with Crippen molar-refractivity contribution in [1.82, 2.24) is 5.32 Å². The molecule has 0 amide bonds. The van der Waals surface area contributed by atoms with Gasteiger partial charge in [0.1, 0.15) is 5.82 Å². The average molecular weight is 284 g/mol. The maximum Gasteiger partial charge on any atom is 0.145 e. The summed E-state index contributed by atoms with van der Waals surface area (Å²) >= 11 is 5.85. The second-order valence-corrected chi connectivity index (χ2v) is 6.07. The highest BCUT2D eigenvalue weighted by atomic mass is 35.5. The van der Waals surface area contributed by atoms with Crippen LogP contribution in [-0.4, -0.2) is 13.1 Å². The summed E-state index contributed by atoms with van der Waals surface area (Å²) < 4.78 is 14.0. The van der Waals surface area contributed by atoms with Gasteiger partial charge < -0.3 is 5.32 Å². The van der Waals surface area contributed by atoms with Gasteiger partial charge in [-0.25, -0.2) is 4.39 Å². The Morgan fingerprint density at radius 1 is 1.42 bits per heavy atom. The lowest BCUT2D eigenvalue weighted by Crippen LogP contribution is -2.34. The average Bonchev–Trinajstić information content (AvgIpc) is 2.89. The van der Waals surface area contributed by atoms with Crippen LogP contribution in [0.2, 0.25) is 5.02 Å². The third kappa shape index (κ3) is 3.49. The third-order valence-electron chi connectivity index (χ3n) is 4.57. The second kappa shape index (κ2) is 6.71. The fourth-order valence-electron chi connectivity index (χ4n) is 3.30. The predicted molar refractivity (Wildman–Crippen MR) is 79.1 cm³/mol. The first kappa shape index (κ1) is 14.8. The molecule has 3 atom stereocenters. The first-order chi connectivity index (χ1) is 9.15. The molecule has 1 aromatic rings. The van der Waals surface area contributed by atoms with E-state index in [1.54, 1.807) is 6.07 Å². The quantitative estimate of drug-likeness (QED) is 0.843. The van der Waals surface area contributed by atoms with Gasteiger partial charge in [0.15, 0.2) is 0 Å². The minimum atomic E-state index is -0.255. The minimum Gasteiger partial charge on any atom is -0.316 e. The van der Waals surface area contributed by atoms with Gasteiger partial charge in [-0.15, -0.1) is 0 Å². The summed E-state index contributed by atoms with van der Waals surface area (Å²) in [5.41, 5.74) is 0.729. The van der Waals surface area contributed by atoms with E-state index in [1.165, 1.54) is 25.7 Å². The van der Waals surface area contributed by atoms with Gasteiger partial charge in [-0.05, 0) is 49.8 Å². The molecule has 3 heteroatoms. The monoisotopic (exact) mass is 283 g/mol. The first-order valence-corrected chi connectivity index (χ1v) is 7.63. The highest BCUT2D eigenvalue weighted by molar-refractivity contribution is 6.30. The number of likely N-dealkylation sites (N-methyl/N-ethyl adjacent to an activating group) is 1. The van der Waals surface area contributed by atoms with Crippen LogP contribution in [0.1, 0.15) is 38.2 Å². The molecule has 3 unspecified atom stereocenters. The number of nitrogens with one attached hydrogen (secondary N) is 1. The second-order valence-electron chi connectivity index (χ2n) is 5.66. The maximum atomic E-state index is 14.0. The van der Waals surface area contributed by atoms with Crippen molar-refractivity contribution >= 4 is 11.6 Å². The molecule has 0 aromatic heterocycles. The molecule has 2 rings (SSSR count). The zero-order valence-corrected chi connectivity index (χ0v) is 12.5. The molecule has 106 valence electrons. The zero-order chi connectivity index (χ0) is 13.8. The van der Waals surface area contributed by atoms with Crippen LogP contribution < -0.4 is 5.32 Å².